The van der Waals surface area contributed by atoms with Crippen LogP contribution in [0.2, 0.25) is 0 Å². The van der Waals surface area contributed by atoms with Crippen LogP contribution in [0.4, 0.5) is 0 Å². The third-order valence-electron chi connectivity index (χ3n) is 1.21. The fourth-order valence-corrected chi connectivity index (χ4v) is 0.589. The SMILES string of the molecule is C=CC(=O)O.C=Cc1ccccc1.[H-].[H-].[Na+].[Na+]. The van der Waals surface area contributed by atoms with Crippen LogP contribution in [0.3, 0.4) is 0 Å². The molecule has 0 saturated carbocycles. The molecule has 0 aliphatic heterocycles. The Morgan fingerprint density at radius 1 is 1.20 bits per heavy atom. The van der Waals surface area contributed by atoms with Crippen LogP contribution in [0.1, 0.15) is 8.42 Å². The van der Waals surface area contributed by atoms with Gasteiger partial charge >= 0.3 is 65.1 Å². The molecule has 0 unspecified atom stereocenters. The van der Waals surface area contributed by atoms with E-state index in [1.807, 2.05) is 36.4 Å². The predicted octanol–water partition coefficient (Wildman–Crippen LogP) is -3.18. The molecule has 0 heterocycles. The number of benzene rings is 1. The zero-order valence-corrected chi connectivity index (χ0v) is 13.3. The second kappa shape index (κ2) is 14.2. The van der Waals surface area contributed by atoms with E-state index < -0.39 is 5.97 Å². The molecule has 1 aromatic carbocycles. The summed E-state index contributed by atoms with van der Waals surface area (Å²) in [6, 6.07) is 10.0. The average Bonchev–Trinajstić information content (AvgIpc) is 2.20. The van der Waals surface area contributed by atoms with Crippen LogP contribution in [0.5, 0.6) is 0 Å². The topological polar surface area (TPSA) is 37.3 Å². The molecule has 1 N–H and O–H groups in total. The predicted molar refractivity (Wildman–Crippen MR) is 56.6 cm³/mol. The number of rotatable bonds is 2. The maximum Gasteiger partial charge on any atom is 1.00 e. The monoisotopic (exact) mass is 224 g/mol. The smallest absolute Gasteiger partial charge is 1.00 e. The van der Waals surface area contributed by atoms with E-state index in [0.29, 0.717) is 0 Å². The van der Waals surface area contributed by atoms with Gasteiger partial charge in [-0.3, -0.25) is 0 Å². The van der Waals surface area contributed by atoms with Crippen LogP contribution >= 0.6 is 0 Å². The Kier molecular flexibility index (Phi) is 19.4. The first kappa shape index (κ1) is 20.6. The molecule has 2 nitrogen and oxygen atoms in total. The molecule has 0 amide bonds. The van der Waals surface area contributed by atoms with Crippen molar-refractivity contribution in [3.8, 4) is 0 Å². The molecular formula is C11H14Na2O2. The van der Waals surface area contributed by atoms with Gasteiger partial charge in [-0.15, -0.1) is 0 Å². The van der Waals surface area contributed by atoms with E-state index in [1.165, 1.54) is 5.56 Å². The Balaban J connectivity index is -0.0000000489. The first-order valence-electron chi connectivity index (χ1n) is 3.73. The van der Waals surface area contributed by atoms with Gasteiger partial charge in [0, 0.05) is 6.08 Å². The Morgan fingerprint density at radius 2 is 1.60 bits per heavy atom. The van der Waals surface area contributed by atoms with Crippen molar-refractivity contribution < 1.29 is 71.9 Å². The summed E-state index contributed by atoms with van der Waals surface area (Å²) in [6.45, 7) is 6.59. The van der Waals surface area contributed by atoms with E-state index in [2.05, 4.69) is 13.2 Å². The third-order valence-corrected chi connectivity index (χ3v) is 1.21. The number of carbonyl (C=O) groups is 1. The summed E-state index contributed by atoms with van der Waals surface area (Å²) in [6.07, 6.45) is 2.67. The Hall–Kier alpha value is 0.170. The van der Waals surface area contributed by atoms with Crippen molar-refractivity contribution in [1.29, 1.82) is 0 Å². The van der Waals surface area contributed by atoms with Crippen molar-refractivity contribution in [2.24, 2.45) is 0 Å². The summed E-state index contributed by atoms with van der Waals surface area (Å²) in [7, 11) is 0. The minimum atomic E-state index is -0.981. The van der Waals surface area contributed by atoms with Crippen LogP contribution in [-0.2, 0) is 4.79 Å². The van der Waals surface area contributed by atoms with Gasteiger partial charge in [0.1, 0.15) is 0 Å². The van der Waals surface area contributed by atoms with Crippen molar-refractivity contribution in [3.63, 3.8) is 0 Å². The van der Waals surface area contributed by atoms with Gasteiger partial charge in [-0.25, -0.2) is 4.79 Å². The van der Waals surface area contributed by atoms with Crippen LogP contribution < -0.4 is 59.1 Å². The molecule has 1 aromatic rings. The Bertz CT molecular complexity index is 293. The molecule has 0 fully saturated rings. The summed E-state index contributed by atoms with van der Waals surface area (Å²) in [4.78, 5) is 9.25. The van der Waals surface area contributed by atoms with Crippen LogP contribution in [0.15, 0.2) is 49.6 Å². The number of carboxylic acids is 1. The van der Waals surface area contributed by atoms with Crippen LogP contribution in [0, 0.1) is 0 Å². The molecule has 72 valence electrons. The van der Waals surface area contributed by atoms with E-state index >= 15 is 0 Å². The summed E-state index contributed by atoms with van der Waals surface area (Å²) in [5.41, 5.74) is 1.17. The molecule has 0 saturated heterocycles. The van der Waals surface area contributed by atoms with Crippen LogP contribution in [0.25, 0.3) is 6.08 Å². The minimum absolute atomic E-state index is 0. The third kappa shape index (κ3) is 14.2. The molecule has 0 atom stereocenters. The van der Waals surface area contributed by atoms with E-state index in [0.717, 1.165) is 6.08 Å². The van der Waals surface area contributed by atoms with E-state index in [4.69, 9.17) is 5.11 Å². The van der Waals surface area contributed by atoms with Gasteiger partial charge in [-0.05, 0) is 5.56 Å². The van der Waals surface area contributed by atoms with Gasteiger partial charge < -0.3 is 7.96 Å². The molecule has 4 heteroatoms. The molecule has 0 aliphatic carbocycles. The van der Waals surface area contributed by atoms with Crippen molar-refractivity contribution in [3.05, 3.63) is 55.1 Å². The quantitative estimate of drug-likeness (QED) is 0.425. The van der Waals surface area contributed by atoms with Crippen molar-refractivity contribution in [2.45, 2.75) is 0 Å². The number of aliphatic carboxylic acids is 1. The number of hydrogen-bond acceptors (Lipinski definition) is 1. The molecule has 0 radical (unpaired) electrons. The zero-order chi connectivity index (χ0) is 10.1. The molecule has 0 bridgehead atoms. The van der Waals surface area contributed by atoms with Gasteiger partial charge in [-0.1, -0.05) is 49.6 Å². The Morgan fingerprint density at radius 3 is 1.80 bits per heavy atom. The van der Waals surface area contributed by atoms with E-state index in [1.54, 1.807) is 0 Å². The fourth-order valence-electron chi connectivity index (χ4n) is 0.589. The van der Waals surface area contributed by atoms with Gasteiger partial charge in [0.15, 0.2) is 0 Å². The van der Waals surface area contributed by atoms with Crippen molar-refractivity contribution in [2.75, 3.05) is 0 Å². The average molecular weight is 224 g/mol. The minimum Gasteiger partial charge on any atom is -1.00 e. The molecule has 0 aromatic heterocycles. The first-order chi connectivity index (χ1) is 6.20. The maximum absolute atomic E-state index is 9.25. The first-order valence-corrected chi connectivity index (χ1v) is 3.73. The summed E-state index contributed by atoms with van der Waals surface area (Å²) < 4.78 is 0. The maximum atomic E-state index is 9.25. The molecule has 1 rings (SSSR count). The number of hydrogen-bond donors (Lipinski definition) is 1. The summed E-state index contributed by atoms with van der Waals surface area (Å²) in [5.74, 6) is -0.981. The van der Waals surface area contributed by atoms with Gasteiger partial charge in [0.05, 0.1) is 0 Å². The Labute approximate surface area is 138 Å². The molecule has 0 aliphatic rings. The largest absolute Gasteiger partial charge is 1.00 e. The van der Waals surface area contributed by atoms with Crippen molar-refractivity contribution in [1.82, 2.24) is 0 Å². The second-order valence-electron chi connectivity index (χ2n) is 2.16. The molecule has 15 heavy (non-hydrogen) atoms. The summed E-state index contributed by atoms with van der Waals surface area (Å²) >= 11 is 0. The molecule has 0 spiro atoms. The zero-order valence-electron chi connectivity index (χ0n) is 11.3. The second-order valence-corrected chi connectivity index (χ2v) is 2.16. The van der Waals surface area contributed by atoms with Gasteiger partial charge in [-0.2, -0.15) is 0 Å². The summed E-state index contributed by atoms with van der Waals surface area (Å²) in [5, 5.41) is 7.60. The van der Waals surface area contributed by atoms with E-state index in [9.17, 15) is 4.79 Å². The van der Waals surface area contributed by atoms with Crippen LogP contribution in [-0.4, -0.2) is 11.1 Å². The molecular weight excluding hydrogens is 210 g/mol. The van der Waals surface area contributed by atoms with E-state index in [-0.39, 0.29) is 62.0 Å². The fraction of sp³-hybridized carbons (Fsp3) is 0. The standard InChI is InChI=1S/C8H8.C3H4O2.2Na.2H/c1-2-8-6-4-3-5-7-8;1-2-3(4)5;;;;/h2-7H,1H2;2H,1H2,(H,4,5);;;;/q;;2*+1;2*-1. The number of carboxylic acid groups (broad SMARTS) is 1. The van der Waals surface area contributed by atoms with Gasteiger partial charge in [0.25, 0.3) is 0 Å². The van der Waals surface area contributed by atoms with Crippen molar-refractivity contribution >= 4 is 12.0 Å². The van der Waals surface area contributed by atoms with Gasteiger partial charge in [0.2, 0.25) is 0 Å². The normalized spacial score (nSPS) is 6.67.